The van der Waals surface area contributed by atoms with Crippen LogP contribution in [0.3, 0.4) is 0 Å². The number of amides is 1. The van der Waals surface area contributed by atoms with Crippen molar-refractivity contribution in [3.63, 3.8) is 0 Å². The van der Waals surface area contributed by atoms with Crippen molar-refractivity contribution in [1.29, 1.82) is 0 Å². The number of methoxy groups -OCH3 is 1. The number of anilines is 1. The van der Waals surface area contributed by atoms with Crippen molar-refractivity contribution in [3.8, 4) is 0 Å². The molecule has 0 aliphatic carbocycles. The Hall–Kier alpha value is -0.600. The second-order valence-corrected chi connectivity index (χ2v) is 4.25. The molecule has 0 aliphatic rings. The van der Waals surface area contributed by atoms with Gasteiger partial charge in [0.05, 0.1) is 12.0 Å². The number of nitrogens with one attached hydrogen (secondary N) is 1. The third-order valence-electron chi connectivity index (χ3n) is 1.61. The normalized spacial score (nSPS) is 10.1. The number of primary sulfonamides is 1. The fourth-order valence-corrected chi connectivity index (χ4v) is 1.41. The second-order valence-electron chi connectivity index (χ2n) is 2.69. The maximum absolute atomic E-state index is 10.9. The van der Waals surface area contributed by atoms with Gasteiger partial charge in [-0.2, -0.15) is 0 Å². The van der Waals surface area contributed by atoms with E-state index < -0.39 is 16.1 Å². The summed E-state index contributed by atoms with van der Waals surface area (Å²) < 4.78 is 26.1. The molecule has 0 bridgehead atoms. The van der Waals surface area contributed by atoms with Gasteiger partial charge < -0.3 is 6.16 Å². The first kappa shape index (κ1) is 15.4. The Morgan fingerprint density at radius 2 is 1.88 bits per heavy atom. The third-order valence-corrected chi connectivity index (χ3v) is 2.54. The molecular weight excluding hydrogens is 243 g/mol. The van der Waals surface area contributed by atoms with E-state index in [2.05, 4.69) is 10.1 Å². The van der Waals surface area contributed by atoms with E-state index in [1.165, 1.54) is 31.4 Å². The summed E-state index contributed by atoms with van der Waals surface area (Å²) in [6.07, 6.45) is -0.627. The van der Waals surface area contributed by atoms with Gasteiger partial charge in [0.1, 0.15) is 0 Å². The van der Waals surface area contributed by atoms with Gasteiger partial charge in [0.15, 0.2) is 0 Å². The summed E-state index contributed by atoms with van der Waals surface area (Å²) in [7, 11) is -2.47. The quantitative estimate of drug-likeness (QED) is 0.576. The maximum Gasteiger partial charge on any atom is 1.00 e. The summed E-state index contributed by atoms with van der Waals surface area (Å²) in [5.74, 6) is 0. The van der Waals surface area contributed by atoms with E-state index in [9.17, 15) is 13.2 Å². The Kier molecular flexibility index (Phi) is 5.98. The molecule has 0 saturated heterocycles. The molecule has 84 valence electrons. The monoisotopic (exact) mass is 254 g/mol. The molecule has 16 heavy (non-hydrogen) atoms. The summed E-state index contributed by atoms with van der Waals surface area (Å²) in [6, 6.07) is 5.41. The van der Waals surface area contributed by atoms with Gasteiger partial charge in [-0.15, -0.1) is 0 Å². The van der Waals surface area contributed by atoms with Crippen LogP contribution in [0.5, 0.6) is 0 Å². The number of sulfonamides is 1. The number of nitrogens with two attached hydrogens (primary N) is 1. The van der Waals surface area contributed by atoms with E-state index >= 15 is 0 Å². The van der Waals surface area contributed by atoms with Crippen LogP contribution in [-0.2, 0) is 14.8 Å². The van der Waals surface area contributed by atoms with E-state index in [-0.39, 0.29) is 35.9 Å². The molecule has 0 spiro atoms. The Bertz CT molecular complexity index is 463. The number of rotatable bonds is 2. The van der Waals surface area contributed by atoms with Crippen LogP contribution in [0, 0.1) is 0 Å². The smallest absolute Gasteiger partial charge is 1.00 e. The molecule has 1 rings (SSSR count). The van der Waals surface area contributed by atoms with Gasteiger partial charge in [-0.1, -0.05) is 0 Å². The van der Waals surface area contributed by atoms with Crippen molar-refractivity contribution in [1.82, 2.24) is 0 Å². The van der Waals surface area contributed by atoms with Gasteiger partial charge in [0.2, 0.25) is 10.0 Å². The second kappa shape index (κ2) is 6.21. The van der Waals surface area contributed by atoms with E-state index in [1.54, 1.807) is 0 Å². The first-order chi connectivity index (χ1) is 6.93. The van der Waals surface area contributed by atoms with E-state index in [1.807, 2.05) is 0 Å². The van der Waals surface area contributed by atoms with Crippen molar-refractivity contribution in [2.75, 3.05) is 12.4 Å². The molecule has 0 fully saturated rings. The predicted octanol–water partition coefficient (Wildman–Crippen LogP) is -2.37. The van der Waals surface area contributed by atoms with Crippen LogP contribution in [-0.4, -0.2) is 21.6 Å². The van der Waals surface area contributed by atoms with Gasteiger partial charge in [0.25, 0.3) is 0 Å². The van der Waals surface area contributed by atoms with Crippen molar-refractivity contribution in [3.05, 3.63) is 24.3 Å². The summed E-state index contributed by atoms with van der Waals surface area (Å²) in [5.41, 5.74) is 0.425. The fraction of sp³-hybridized carbons (Fsp3) is 0.125. The number of carbonyl (C=O) groups is 1. The zero-order chi connectivity index (χ0) is 11.5. The van der Waals surface area contributed by atoms with Crippen LogP contribution < -0.4 is 40.0 Å². The van der Waals surface area contributed by atoms with E-state index in [0.29, 0.717) is 5.69 Å². The molecule has 3 N–H and O–H groups in total. The van der Waals surface area contributed by atoms with Crippen molar-refractivity contribution in [2.45, 2.75) is 4.90 Å². The van der Waals surface area contributed by atoms with Gasteiger partial charge in [-0.25, -0.2) is 18.4 Å². The topological polar surface area (TPSA) is 98.5 Å². The molecule has 0 aromatic heterocycles. The van der Waals surface area contributed by atoms with Crippen LogP contribution in [0.15, 0.2) is 29.2 Å². The fourth-order valence-electron chi connectivity index (χ4n) is 0.897. The molecule has 0 aliphatic heterocycles. The summed E-state index contributed by atoms with van der Waals surface area (Å²) in [5, 5.41) is 7.27. The van der Waals surface area contributed by atoms with Gasteiger partial charge >= 0.3 is 35.7 Å². The van der Waals surface area contributed by atoms with Gasteiger partial charge in [-0.3, -0.25) is 5.32 Å². The van der Waals surface area contributed by atoms with Crippen LogP contribution >= 0.6 is 0 Å². The maximum atomic E-state index is 10.9. The molecule has 0 atom stereocenters. The Labute approximate surface area is 117 Å². The molecule has 0 heterocycles. The molecule has 0 saturated carbocycles. The molecule has 1 amide bonds. The van der Waals surface area contributed by atoms with Gasteiger partial charge in [-0.05, 0) is 24.3 Å². The number of hydrogen-bond acceptors (Lipinski definition) is 4. The molecule has 6 nitrogen and oxygen atoms in total. The first-order valence-corrected chi connectivity index (χ1v) is 5.46. The average Bonchev–Trinajstić information content (AvgIpc) is 2.17. The molecule has 1 aromatic rings. The van der Waals surface area contributed by atoms with Crippen LogP contribution in [0.1, 0.15) is 1.43 Å². The zero-order valence-corrected chi connectivity index (χ0v) is 11.7. The minimum atomic E-state index is -3.70. The Balaban J connectivity index is 0. The van der Waals surface area contributed by atoms with E-state index in [4.69, 9.17) is 5.14 Å². The Morgan fingerprint density at radius 3 is 2.25 bits per heavy atom. The Morgan fingerprint density at radius 1 is 1.38 bits per heavy atom. The number of benzene rings is 1. The first-order valence-electron chi connectivity index (χ1n) is 3.91. The van der Waals surface area contributed by atoms with Crippen LogP contribution in [0.2, 0.25) is 0 Å². The molecule has 0 unspecified atom stereocenters. The number of ether oxygens (including phenoxy) is 1. The molecule has 8 heteroatoms. The minimum Gasteiger partial charge on any atom is -1.00 e. The van der Waals surface area contributed by atoms with Crippen LogP contribution in [0.4, 0.5) is 10.5 Å². The number of hydrogen-bond donors (Lipinski definition) is 2. The summed E-state index contributed by atoms with van der Waals surface area (Å²) in [4.78, 5) is 10.8. The molecule has 0 radical (unpaired) electrons. The average molecular weight is 254 g/mol. The molecule has 1 aromatic carbocycles. The zero-order valence-electron chi connectivity index (χ0n) is 9.93. The SMILES string of the molecule is COC(=O)Nc1ccc(S(N)(=O)=O)cc1.[H-].[Na+]. The van der Waals surface area contributed by atoms with Crippen molar-refractivity contribution < 1.29 is 48.9 Å². The summed E-state index contributed by atoms with van der Waals surface area (Å²) in [6.45, 7) is 0. The largest absolute Gasteiger partial charge is 1.00 e. The molecular formula is C8H11N2NaO4S. The van der Waals surface area contributed by atoms with Gasteiger partial charge in [0, 0.05) is 5.69 Å². The predicted molar refractivity (Wildman–Crippen MR) is 55.0 cm³/mol. The summed E-state index contributed by atoms with van der Waals surface area (Å²) >= 11 is 0. The van der Waals surface area contributed by atoms with Crippen LogP contribution in [0.25, 0.3) is 0 Å². The van der Waals surface area contributed by atoms with Crippen molar-refractivity contribution in [2.24, 2.45) is 5.14 Å². The standard InChI is InChI=1S/C8H10N2O4S.Na.H/c1-14-8(11)10-6-2-4-7(5-3-6)15(9,12)13;;/h2-5H,1H3,(H,10,11)(H2,9,12,13);;/q;+1;-1. The number of carbonyl (C=O) groups excluding carboxylic acids is 1. The van der Waals surface area contributed by atoms with E-state index in [0.717, 1.165) is 0 Å². The van der Waals surface area contributed by atoms with Crippen molar-refractivity contribution >= 4 is 21.8 Å². The third kappa shape index (κ3) is 4.50. The minimum absolute atomic E-state index is 0.